The van der Waals surface area contributed by atoms with E-state index in [2.05, 4.69) is 34.1 Å². The largest absolute Gasteiger partial charge is 0.506 e. The first-order chi connectivity index (χ1) is 18.1. The fourth-order valence-electron chi connectivity index (χ4n) is 5.04. The number of rotatable bonds is 10. The molecule has 0 saturated heterocycles. The van der Waals surface area contributed by atoms with Gasteiger partial charge in [0.05, 0.1) is 24.3 Å². The summed E-state index contributed by atoms with van der Waals surface area (Å²) in [5.41, 5.74) is 10.1. The van der Waals surface area contributed by atoms with Crippen LogP contribution in [0.25, 0.3) is 0 Å². The van der Waals surface area contributed by atoms with Crippen LogP contribution in [0.5, 0.6) is 5.75 Å². The quantitative estimate of drug-likeness (QED) is 0.227. The highest BCUT2D eigenvalue weighted by Gasteiger charge is 2.24. The fraction of sp³-hybridized carbons (Fsp3) is 0.333. The standard InChI is InChI=1S/C30H36N4O4/c1-30(2,32-18-27(36)22-11-13-26(35)25(16-22)34-29(31)38)17-20-7-5-6-19(14-20)15-28(37)33-24-12-10-21-8-3-4-9-23(21)24/h3-9,11,13-14,16,24,27,32,35-36H,10,12,15,17-18H2,1-2H3,(H,33,37)(H3,31,34,38)/t24?,27-/m0/s1. The van der Waals surface area contributed by atoms with Gasteiger partial charge in [-0.2, -0.15) is 0 Å². The number of primary amides is 1. The summed E-state index contributed by atoms with van der Waals surface area (Å²) in [7, 11) is 0. The van der Waals surface area contributed by atoms with Gasteiger partial charge in [0.15, 0.2) is 0 Å². The molecule has 200 valence electrons. The second kappa shape index (κ2) is 11.7. The summed E-state index contributed by atoms with van der Waals surface area (Å²) >= 11 is 0. The Hall–Kier alpha value is -3.88. The molecular weight excluding hydrogens is 480 g/mol. The van der Waals surface area contributed by atoms with Gasteiger partial charge in [0.1, 0.15) is 5.75 Å². The number of aliphatic hydroxyl groups excluding tert-OH is 1. The molecule has 1 aliphatic rings. The van der Waals surface area contributed by atoms with Crippen LogP contribution in [0.3, 0.4) is 0 Å². The first-order valence-electron chi connectivity index (χ1n) is 12.9. The van der Waals surface area contributed by atoms with Crippen molar-refractivity contribution in [1.82, 2.24) is 10.6 Å². The number of hydrogen-bond acceptors (Lipinski definition) is 5. The molecule has 7 N–H and O–H groups in total. The van der Waals surface area contributed by atoms with E-state index in [1.54, 1.807) is 6.07 Å². The second-order valence-corrected chi connectivity index (χ2v) is 10.6. The van der Waals surface area contributed by atoms with Crippen molar-refractivity contribution >= 4 is 17.6 Å². The number of fused-ring (bicyclic) bond motifs is 1. The van der Waals surface area contributed by atoms with Crippen molar-refractivity contribution in [3.63, 3.8) is 0 Å². The number of nitrogens with one attached hydrogen (secondary N) is 3. The Kier molecular flexibility index (Phi) is 8.34. The Morgan fingerprint density at radius 2 is 1.82 bits per heavy atom. The molecule has 1 unspecified atom stereocenters. The summed E-state index contributed by atoms with van der Waals surface area (Å²) in [5.74, 6) is -0.113. The molecule has 3 aromatic carbocycles. The third kappa shape index (κ3) is 7.12. The van der Waals surface area contributed by atoms with Crippen molar-refractivity contribution in [2.24, 2.45) is 5.73 Å². The lowest BCUT2D eigenvalue weighted by Crippen LogP contribution is -2.43. The summed E-state index contributed by atoms with van der Waals surface area (Å²) in [5, 5.41) is 29.5. The lowest BCUT2D eigenvalue weighted by Gasteiger charge is -2.28. The van der Waals surface area contributed by atoms with Gasteiger partial charge in [0.2, 0.25) is 5.91 Å². The van der Waals surface area contributed by atoms with Crippen molar-refractivity contribution < 1.29 is 19.8 Å². The van der Waals surface area contributed by atoms with E-state index in [0.29, 0.717) is 18.4 Å². The molecule has 0 aliphatic heterocycles. The number of phenols is 1. The van der Waals surface area contributed by atoms with E-state index in [-0.39, 0.29) is 35.5 Å². The molecule has 1 aliphatic carbocycles. The SMILES string of the molecule is CC(C)(Cc1cccc(CC(=O)NC2CCc3ccccc32)c1)NC[C@H](O)c1ccc(O)c(NC(N)=O)c1. The number of phenolic OH excluding ortho intramolecular Hbond substituents is 1. The van der Waals surface area contributed by atoms with Gasteiger partial charge < -0.3 is 31.9 Å². The molecule has 4 rings (SSSR count). The molecule has 0 fully saturated rings. The summed E-state index contributed by atoms with van der Waals surface area (Å²) in [6, 6.07) is 20.1. The van der Waals surface area contributed by atoms with E-state index in [1.807, 2.05) is 44.2 Å². The number of aromatic hydroxyl groups is 1. The summed E-state index contributed by atoms with van der Waals surface area (Å²) in [6.45, 7) is 4.36. The van der Waals surface area contributed by atoms with Gasteiger partial charge in [0.25, 0.3) is 0 Å². The zero-order chi connectivity index (χ0) is 27.3. The van der Waals surface area contributed by atoms with Crippen LogP contribution in [0.2, 0.25) is 0 Å². The lowest BCUT2D eigenvalue weighted by molar-refractivity contribution is -0.121. The van der Waals surface area contributed by atoms with Gasteiger partial charge in [-0.3, -0.25) is 4.79 Å². The first kappa shape index (κ1) is 27.2. The predicted molar refractivity (Wildman–Crippen MR) is 148 cm³/mol. The van der Waals surface area contributed by atoms with Crippen LogP contribution >= 0.6 is 0 Å². The van der Waals surface area contributed by atoms with Crippen molar-refractivity contribution in [3.8, 4) is 5.75 Å². The summed E-state index contributed by atoms with van der Waals surface area (Å²) in [6.07, 6.45) is 2.07. The van der Waals surface area contributed by atoms with E-state index in [1.165, 1.54) is 23.3 Å². The molecule has 0 heterocycles. The molecule has 8 heteroatoms. The molecule has 0 spiro atoms. The molecule has 3 aromatic rings. The Balaban J connectivity index is 1.31. The smallest absolute Gasteiger partial charge is 0.316 e. The maximum Gasteiger partial charge on any atom is 0.316 e. The zero-order valence-electron chi connectivity index (χ0n) is 21.8. The predicted octanol–water partition coefficient (Wildman–Crippen LogP) is 3.87. The van der Waals surface area contributed by atoms with Gasteiger partial charge >= 0.3 is 6.03 Å². The minimum Gasteiger partial charge on any atom is -0.506 e. The number of aryl methyl sites for hydroxylation is 1. The zero-order valence-corrected chi connectivity index (χ0v) is 21.8. The number of aliphatic hydroxyl groups is 1. The first-order valence-corrected chi connectivity index (χ1v) is 12.9. The van der Waals surface area contributed by atoms with E-state index in [0.717, 1.165) is 24.0 Å². The topological polar surface area (TPSA) is 137 Å². The highest BCUT2D eigenvalue weighted by Crippen LogP contribution is 2.31. The van der Waals surface area contributed by atoms with Crippen molar-refractivity contribution in [2.45, 2.75) is 57.2 Å². The van der Waals surface area contributed by atoms with E-state index in [4.69, 9.17) is 5.73 Å². The lowest BCUT2D eigenvalue weighted by atomic mass is 9.93. The minimum atomic E-state index is -0.862. The van der Waals surface area contributed by atoms with Crippen molar-refractivity contribution in [3.05, 3.63) is 94.5 Å². The van der Waals surface area contributed by atoms with Gasteiger partial charge in [-0.05, 0) is 73.1 Å². The third-order valence-corrected chi connectivity index (χ3v) is 6.91. The Bertz CT molecular complexity index is 1310. The van der Waals surface area contributed by atoms with E-state index < -0.39 is 12.1 Å². The van der Waals surface area contributed by atoms with Gasteiger partial charge in [0, 0.05) is 12.1 Å². The normalized spacial score (nSPS) is 15.5. The van der Waals surface area contributed by atoms with Gasteiger partial charge in [-0.25, -0.2) is 4.79 Å². The van der Waals surface area contributed by atoms with Crippen LogP contribution in [-0.2, 0) is 24.1 Å². The van der Waals surface area contributed by atoms with Crippen LogP contribution in [0.4, 0.5) is 10.5 Å². The number of nitrogens with two attached hydrogens (primary N) is 1. The van der Waals surface area contributed by atoms with Crippen LogP contribution in [0, 0.1) is 0 Å². The maximum atomic E-state index is 12.8. The maximum absolute atomic E-state index is 12.8. The molecule has 0 radical (unpaired) electrons. The number of amides is 3. The Morgan fingerprint density at radius 1 is 1.05 bits per heavy atom. The van der Waals surface area contributed by atoms with Crippen LogP contribution in [0.15, 0.2) is 66.7 Å². The number of anilines is 1. The number of hydrogen-bond donors (Lipinski definition) is 6. The van der Waals surface area contributed by atoms with Gasteiger partial charge in [-0.1, -0.05) is 54.6 Å². The van der Waals surface area contributed by atoms with Crippen molar-refractivity contribution in [1.29, 1.82) is 0 Å². The number of β-amino-alcohol motifs (C(OH)–C–C–N with tert-alkyl or cyclic N) is 1. The molecule has 38 heavy (non-hydrogen) atoms. The average molecular weight is 517 g/mol. The Labute approximate surface area is 223 Å². The van der Waals surface area contributed by atoms with Crippen LogP contribution in [-0.4, -0.2) is 34.2 Å². The van der Waals surface area contributed by atoms with E-state index >= 15 is 0 Å². The molecule has 8 nitrogen and oxygen atoms in total. The number of carbonyl (C=O) groups excluding carboxylic acids is 2. The number of carbonyl (C=O) groups is 2. The van der Waals surface area contributed by atoms with E-state index in [9.17, 15) is 19.8 Å². The molecule has 0 bridgehead atoms. The average Bonchev–Trinajstić information content (AvgIpc) is 3.26. The Morgan fingerprint density at radius 3 is 2.61 bits per heavy atom. The highest BCUT2D eigenvalue weighted by molar-refractivity contribution is 5.89. The second-order valence-electron chi connectivity index (χ2n) is 10.6. The molecule has 3 amide bonds. The highest BCUT2D eigenvalue weighted by atomic mass is 16.3. The monoisotopic (exact) mass is 516 g/mol. The summed E-state index contributed by atoms with van der Waals surface area (Å²) in [4.78, 5) is 23.9. The number of benzene rings is 3. The van der Waals surface area contributed by atoms with Gasteiger partial charge in [-0.15, -0.1) is 0 Å². The van der Waals surface area contributed by atoms with Crippen molar-refractivity contribution in [2.75, 3.05) is 11.9 Å². The molecular formula is C30H36N4O4. The molecule has 2 atom stereocenters. The van der Waals surface area contributed by atoms with Crippen LogP contribution < -0.4 is 21.7 Å². The summed E-state index contributed by atoms with van der Waals surface area (Å²) < 4.78 is 0. The number of urea groups is 1. The molecule has 0 aromatic heterocycles. The van der Waals surface area contributed by atoms with Crippen LogP contribution in [0.1, 0.15) is 60.2 Å². The minimum absolute atomic E-state index is 0.0171. The molecule has 0 saturated carbocycles. The fourth-order valence-corrected chi connectivity index (χ4v) is 5.04. The third-order valence-electron chi connectivity index (χ3n) is 6.91.